The van der Waals surface area contributed by atoms with Gasteiger partial charge in [0.1, 0.15) is 11.9 Å². The number of carbonyl (C=O) groups is 1. The lowest BCUT2D eigenvalue weighted by Gasteiger charge is -2.31. The maximum absolute atomic E-state index is 11.9. The monoisotopic (exact) mass is 282 g/mol. The summed E-state index contributed by atoms with van der Waals surface area (Å²) in [7, 11) is 0. The average molecular weight is 282 g/mol. The van der Waals surface area contributed by atoms with Gasteiger partial charge in [-0.1, -0.05) is 0 Å². The summed E-state index contributed by atoms with van der Waals surface area (Å²) in [6, 6.07) is 0. The smallest absolute Gasteiger partial charge is 0.344 e. The molecule has 0 bridgehead atoms. The highest BCUT2D eigenvalue weighted by molar-refractivity contribution is 7.16. The highest BCUT2D eigenvalue weighted by Crippen LogP contribution is 2.42. The summed E-state index contributed by atoms with van der Waals surface area (Å²) >= 11 is 1.43. The Hall–Kier alpha value is -1.24. The summed E-state index contributed by atoms with van der Waals surface area (Å²) in [4.78, 5) is 13.0. The number of carbonyl (C=O) groups excluding carboxylic acids is 1. The average Bonchev–Trinajstić information content (AvgIpc) is 2.93. The molecule has 2 N–H and O–H groups in total. The molecule has 2 aliphatic rings. The van der Waals surface area contributed by atoms with Crippen LogP contribution in [0.15, 0.2) is 0 Å². The molecule has 0 aromatic carbocycles. The number of hydrogen-bond donors (Lipinski definition) is 1. The van der Waals surface area contributed by atoms with Gasteiger partial charge >= 0.3 is 5.97 Å². The number of hydrogen-bond acceptors (Lipinski definition) is 6. The van der Waals surface area contributed by atoms with E-state index in [4.69, 9.17) is 19.9 Å². The number of rotatable bonds is 2. The zero-order chi connectivity index (χ0) is 13.5. The van der Waals surface area contributed by atoms with Crippen molar-refractivity contribution in [3.8, 4) is 0 Å². The van der Waals surface area contributed by atoms with Gasteiger partial charge in [-0.2, -0.15) is 0 Å². The van der Waals surface area contributed by atoms with Crippen molar-refractivity contribution < 1.29 is 19.0 Å². The minimum absolute atomic E-state index is 0.110. The van der Waals surface area contributed by atoms with Gasteiger partial charge in [-0.3, -0.25) is 0 Å². The Morgan fingerprint density at radius 2 is 2.21 bits per heavy atom. The maximum atomic E-state index is 11.9. The van der Waals surface area contributed by atoms with Crippen LogP contribution in [-0.2, 0) is 27.1 Å². The van der Waals surface area contributed by atoms with Crippen LogP contribution >= 0.6 is 11.3 Å². The van der Waals surface area contributed by atoms with Crippen LogP contribution in [0.1, 0.15) is 27.2 Å². The molecule has 0 amide bonds. The molecule has 1 spiro atoms. The van der Waals surface area contributed by atoms with E-state index in [0.717, 1.165) is 23.3 Å². The van der Waals surface area contributed by atoms with Crippen LogP contribution in [0.4, 0.5) is 5.00 Å². The highest BCUT2D eigenvalue weighted by atomic mass is 32.1. The lowest BCUT2D eigenvalue weighted by Crippen LogP contribution is -2.36. The molecule has 19 heavy (non-hydrogen) atoms. The predicted molar refractivity (Wildman–Crippen MR) is 71.0 cm³/mol. The minimum Gasteiger partial charge on any atom is -0.420 e. The maximum Gasteiger partial charge on any atom is 0.344 e. The van der Waals surface area contributed by atoms with Crippen LogP contribution in [0.5, 0.6) is 0 Å². The summed E-state index contributed by atoms with van der Waals surface area (Å²) in [6.07, 6.45) is 2.14. The zero-order valence-electron chi connectivity index (χ0n) is 10.6. The third-order valence-electron chi connectivity index (χ3n) is 3.55. The Kier molecular flexibility index (Phi) is 3.16. The normalized spacial score (nSPS) is 20.4. The van der Waals surface area contributed by atoms with Gasteiger partial charge in [0.15, 0.2) is 5.79 Å². The van der Waals surface area contributed by atoms with Gasteiger partial charge in [0, 0.05) is 17.7 Å². The van der Waals surface area contributed by atoms with Crippen LogP contribution in [-0.4, -0.2) is 31.6 Å². The van der Waals surface area contributed by atoms with Gasteiger partial charge in [-0.15, -0.1) is 11.3 Å². The second-order valence-electron chi connectivity index (χ2n) is 4.66. The molecule has 0 saturated carbocycles. The number of anilines is 1. The van der Waals surface area contributed by atoms with Gasteiger partial charge in [0.05, 0.1) is 18.8 Å². The summed E-state index contributed by atoms with van der Waals surface area (Å²) in [5.41, 5.74) is 7.46. The van der Waals surface area contributed by atoms with E-state index in [0.29, 0.717) is 30.2 Å². The molecule has 1 aromatic rings. The fourth-order valence-electron chi connectivity index (χ4n) is 2.72. The minimum atomic E-state index is -0.502. The summed E-state index contributed by atoms with van der Waals surface area (Å²) in [5, 5.41) is 0.512. The van der Waals surface area contributed by atoms with E-state index in [2.05, 4.69) is 6.92 Å². The third kappa shape index (κ3) is 2.09. The molecular formula is C13H16NO4S+. The van der Waals surface area contributed by atoms with E-state index in [-0.39, 0.29) is 12.6 Å². The first-order valence-electron chi connectivity index (χ1n) is 6.29. The van der Waals surface area contributed by atoms with Crippen LogP contribution in [0, 0.1) is 6.92 Å². The number of fused-ring (bicyclic) bond motifs is 1. The van der Waals surface area contributed by atoms with E-state index in [1.54, 1.807) is 0 Å². The second kappa shape index (κ2) is 4.70. The van der Waals surface area contributed by atoms with Crippen molar-refractivity contribution in [2.45, 2.75) is 25.0 Å². The van der Waals surface area contributed by atoms with Gasteiger partial charge in [-0.05, 0) is 12.0 Å². The summed E-state index contributed by atoms with van der Waals surface area (Å²) in [5.74, 6) is -0.883. The molecule has 6 heteroatoms. The van der Waals surface area contributed by atoms with Crippen molar-refractivity contribution in [2.24, 2.45) is 0 Å². The van der Waals surface area contributed by atoms with E-state index in [9.17, 15) is 4.79 Å². The van der Waals surface area contributed by atoms with Crippen molar-refractivity contribution in [3.05, 3.63) is 22.9 Å². The molecular weight excluding hydrogens is 266 g/mol. The number of thiophene rings is 1. The molecule has 3 rings (SSSR count). The molecule has 5 nitrogen and oxygen atoms in total. The molecule has 1 aromatic heterocycles. The quantitative estimate of drug-likeness (QED) is 0.658. The van der Waals surface area contributed by atoms with Gasteiger partial charge in [0.2, 0.25) is 6.61 Å². The highest BCUT2D eigenvalue weighted by Gasteiger charge is 2.42. The fourth-order valence-corrected chi connectivity index (χ4v) is 3.91. The first kappa shape index (κ1) is 12.8. The molecule has 1 aliphatic carbocycles. The molecule has 0 atom stereocenters. The topological polar surface area (TPSA) is 70.8 Å². The third-order valence-corrected chi connectivity index (χ3v) is 4.62. The van der Waals surface area contributed by atoms with E-state index >= 15 is 0 Å². The molecule has 1 saturated heterocycles. The first-order chi connectivity index (χ1) is 9.15. The van der Waals surface area contributed by atoms with E-state index in [1.165, 1.54) is 11.3 Å². The molecule has 0 unspecified atom stereocenters. The van der Waals surface area contributed by atoms with E-state index in [1.807, 2.05) is 0 Å². The molecule has 2 heterocycles. The predicted octanol–water partition coefficient (Wildman–Crippen LogP) is 1.55. The Balaban J connectivity index is 1.91. The zero-order valence-corrected chi connectivity index (χ0v) is 11.4. The van der Waals surface area contributed by atoms with Crippen molar-refractivity contribution in [1.29, 1.82) is 0 Å². The van der Waals surface area contributed by atoms with Gasteiger partial charge < -0.3 is 19.9 Å². The number of nitrogens with two attached hydrogens (primary N) is 1. The van der Waals surface area contributed by atoms with Crippen LogP contribution in [0.3, 0.4) is 0 Å². The van der Waals surface area contributed by atoms with Gasteiger partial charge in [0.25, 0.3) is 0 Å². The summed E-state index contributed by atoms with van der Waals surface area (Å²) < 4.78 is 16.4. The Labute approximate surface area is 115 Å². The van der Waals surface area contributed by atoms with Crippen molar-refractivity contribution in [3.63, 3.8) is 0 Å². The lowest BCUT2D eigenvalue weighted by atomic mass is 9.91. The van der Waals surface area contributed by atoms with Gasteiger partial charge in [-0.25, -0.2) is 4.79 Å². The van der Waals surface area contributed by atoms with Crippen molar-refractivity contribution >= 4 is 22.3 Å². The fraction of sp³-hybridized carbons (Fsp3) is 0.538. The Morgan fingerprint density at radius 1 is 1.47 bits per heavy atom. The van der Waals surface area contributed by atoms with Crippen LogP contribution in [0.25, 0.3) is 0 Å². The Morgan fingerprint density at radius 3 is 2.89 bits per heavy atom. The molecule has 1 fully saturated rings. The first-order valence-corrected chi connectivity index (χ1v) is 7.11. The largest absolute Gasteiger partial charge is 0.420 e. The summed E-state index contributed by atoms with van der Waals surface area (Å²) in [6.45, 7) is 4.89. The number of esters is 1. The Bertz CT molecular complexity index is 505. The molecule has 1 aliphatic heterocycles. The molecule has 0 radical (unpaired) electrons. The molecule has 102 valence electrons. The van der Waals surface area contributed by atoms with Crippen LogP contribution in [0.2, 0.25) is 0 Å². The van der Waals surface area contributed by atoms with Crippen LogP contribution < -0.4 is 5.73 Å². The standard InChI is InChI=1S/C13H15NO4S/c1-2-16-12(15)10-8-3-4-13(17-5-6-18-13)7-9(8)19-11(10)14/h1-7H2,(H-,14,15)/p+1. The second-order valence-corrected chi connectivity index (χ2v) is 5.80. The van der Waals surface area contributed by atoms with Crippen molar-refractivity contribution in [2.75, 3.05) is 25.6 Å². The van der Waals surface area contributed by atoms with E-state index < -0.39 is 5.79 Å². The van der Waals surface area contributed by atoms with Crippen molar-refractivity contribution in [1.82, 2.24) is 0 Å². The number of ether oxygens (including phenoxy) is 3. The SMILES string of the molecule is [CH2+]COC(=O)c1c(N)sc2c1CCC1(C2)OCCO1. The lowest BCUT2D eigenvalue weighted by molar-refractivity contribution is -0.163. The number of nitrogen functional groups attached to an aromatic ring is 1.